The maximum Gasteiger partial charge on any atom is 0.251 e. The molecule has 1 aromatic heterocycles. The Kier molecular flexibility index (Phi) is 5.83. The average molecular weight is 471 g/mol. The van der Waals surface area contributed by atoms with Crippen molar-refractivity contribution in [3.05, 3.63) is 53.6 Å². The van der Waals surface area contributed by atoms with Crippen molar-refractivity contribution in [2.24, 2.45) is 17.8 Å². The van der Waals surface area contributed by atoms with Gasteiger partial charge in [-0.3, -0.25) is 9.59 Å². The molecule has 3 N–H and O–H groups in total. The van der Waals surface area contributed by atoms with Gasteiger partial charge in [-0.15, -0.1) is 0 Å². The number of fused-ring (bicyclic) bond motifs is 3. The molecule has 0 aliphatic heterocycles. The van der Waals surface area contributed by atoms with Crippen LogP contribution in [0.1, 0.15) is 79.0 Å². The van der Waals surface area contributed by atoms with Gasteiger partial charge in [0.05, 0.1) is 11.0 Å². The lowest BCUT2D eigenvalue weighted by molar-refractivity contribution is 0.0906. The first kappa shape index (κ1) is 22.3. The summed E-state index contributed by atoms with van der Waals surface area (Å²) in [6.07, 6.45) is 9.65. The van der Waals surface area contributed by atoms with Gasteiger partial charge in [-0.2, -0.15) is 0 Å². The number of carbonyl (C=O) groups excluding carboxylic acids is 2. The second-order valence-corrected chi connectivity index (χ2v) is 11.0. The van der Waals surface area contributed by atoms with E-state index in [1.54, 1.807) is 0 Å². The molecule has 2 bridgehead atoms. The molecular weight excluding hydrogens is 436 g/mol. The molecule has 35 heavy (non-hydrogen) atoms. The van der Waals surface area contributed by atoms with Gasteiger partial charge in [-0.25, -0.2) is 4.98 Å². The van der Waals surface area contributed by atoms with Gasteiger partial charge >= 0.3 is 0 Å². The molecule has 2 amide bonds. The van der Waals surface area contributed by atoms with Gasteiger partial charge in [0.25, 0.3) is 11.8 Å². The van der Waals surface area contributed by atoms with Crippen molar-refractivity contribution in [1.29, 1.82) is 0 Å². The number of H-pyrrole nitrogens is 1. The normalized spacial score (nSPS) is 27.7. The molecule has 3 aliphatic carbocycles. The lowest BCUT2D eigenvalue weighted by atomic mass is 9.86. The highest BCUT2D eigenvalue weighted by Crippen LogP contribution is 2.44. The van der Waals surface area contributed by atoms with E-state index in [1.165, 1.54) is 38.5 Å². The number of hydrogen-bond donors (Lipinski definition) is 3. The van der Waals surface area contributed by atoms with Gasteiger partial charge in [0.2, 0.25) is 0 Å². The van der Waals surface area contributed by atoms with Gasteiger partial charge in [0.1, 0.15) is 5.82 Å². The van der Waals surface area contributed by atoms with E-state index < -0.39 is 0 Å². The Morgan fingerprint density at radius 2 is 1.60 bits per heavy atom. The molecule has 3 aliphatic rings. The summed E-state index contributed by atoms with van der Waals surface area (Å²) >= 11 is 0. The predicted molar refractivity (Wildman–Crippen MR) is 137 cm³/mol. The van der Waals surface area contributed by atoms with Crippen molar-refractivity contribution >= 4 is 22.8 Å². The van der Waals surface area contributed by atoms with E-state index in [-0.39, 0.29) is 17.9 Å². The van der Waals surface area contributed by atoms with Crippen LogP contribution in [0.3, 0.4) is 0 Å². The quantitative estimate of drug-likeness (QED) is 0.463. The van der Waals surface area contributed by atoms with E-state index in [0.29, 0.717) is 29.0 Å². The summed E-state index contributed by atoms with van der Waals surface area (Å²) < 4.78 is 0. The Balaban J connectivity index is 1.14. The highest BCUT2D eigenvalue weighted by atomic mass is 16.2. The summed E-state index contributed by atoms with van der Waals surface area (Å²) in [4.78, 5) is 33.7. The van der Waals surface area contributed by atoms with Crippen molar-refractivity contribution < 1.29 is 9.59 Å². The maximum absolute atomic E-state index is 12.9. The molecule has 2 aromatic carbocycles. The third-order valence-electron chi connectivity index (χ3n) is 8.65. The smallest absolute Gasteiger partial charge is 0.251 e. The molecule has 5 unspecified atom stereocenters. The Hall–Kier alpha value is -3.15. The fraction of sp³-hybridized carbons (Fsp3) is 0.483. The van der Waals surface area contributed by atoms with Crippen molar-refractivity contribution in [3.63, 3.8) is 0 Å². The minimum Gasteiger partial charge on any atom is -0.349 e. The number of benzene rings is 2. The average Bonchev–Trinajstić information content (AvgIpc) is 3.61. The molecule has 1 heterocycles. The minimum atomic E-state index is -0.00829. The highest BCUT2D eigenvalue weighted by Gasteiger charge is 2.40. The number of amides is 2. The van der Waals surface area contributed by atoms with Crippen LogP contribution >= 0.6 is 0 Å². The number of carbonyl (C=O) groups is 2. The van der Waals surface area contributed by atoms with Gasteiger partial charge in [0, 0.05) is 28.8 Å². The molecule has 6 rings (SSSR count). The van der Waals surface area contributed by atoms with Crippen LogP contribution in [0.5, 0.6) is 0 Å². The van der Waals surface area contributed by atoms with Crippen LogP contribution in [0.4, 0.5) is 0 Å². The maximum atomic E-state index is 12.9. The van der Waals surface area contributed by atoms with Gasteiger partial charge < -0.3 is 15.6 Å². The molecular formula is C29H34N4O2. The first-order valence-electron chi connectivity index (χ1n) is 13.3. The third kappa shape index (κ3) is 4.46. The van der Waals surface area contributed by atoms with E-state index in [0.717, 1.165) is 41.2 Å². The van der Waals surface area contributed by atoms with Crippen LogP contribution in [0.25, 0.3) is 22.4 Å². The SMILES string of the molecule is CC1CCCCC1NC(=O)c1ccc(-c2nc3cc(C(=O)NC4CC5CCC4C5)ccc3[nH]2)cc1. The number of nitrogens with zero attached hydrogens (tertiary/aromatic N) is 1. The zero-order chi connectivity index (χ0) is 23.9. The van der Waals surface area contributed by atoms with Crippen LogP contribution in [0.15, 0.2) is 42.5 Å². The summed E-state index contributed by atoms with van der Waals surface area (Å²) in [5.41, 5.74) is 3.90. The Labute approximate surface area is 206 Å². The van der Waals surface area contributed by atoms with E-state index in [9.17, 15) is 9.59 Å². The molecule has 6 heteroatoms. The molecule has 0 radical (unpaired) electrons. The summed E-state index contributed by atoms with van der Waals surface area (Å²) in [7, 11) is 0. The van der Waals surface area contributed by atoms with Crippen molar-refractivity contribution in [2.75, 3.05) is 0 Å². The molecule has 3 fully saturated rings. The van der Waals surface area contributed by atoms with Crippen LogP contribution in [0.2, 0.25) is 0 Å². The minimum absolute atomic E-state index is 0.00310. The summed E-state index contributed by atoms with van der Waals surface area (Å²) in [6.45, 7) is 2.22. The first-order chi connectivity index (χ1) is 17.0. The fourth-order valence-corrected chi connectivity index (χ4v) is 6.52. The second-order valence-electron chi connectivity index (χ2n) is 11.0. The van der Waals surface area contributed by atoms with Crippen molar-refractivity contribution in [3.8, 4) is 11.4 Å². The largest absolute Gasteiger partial charge is 0.349 e. The van der Waals surface area contributed by atoms with Gasteiger partial charge in [-0.05, 0) is 80.2 Å². The molecule has 0 spiro atoms. The van der Waals surface area contributed by atoms with Gasteiger partial charge in [-0.1, -0.05) is 38.3 Å². The number of hydrogen-bond acceptors (Lipinski definition) is 3. The molecule has 182 valence electrons. The van der Waals surface area contributed by atoms with Crippen LogP contribution in [-0.2, 0) is 0 Å². The molecule has 0 saturated heterocycles. The number of imidazole rings is 1. The molecule has 3 saturated carbocycles. The van der Waals surface area contributed by atoms with E-state index in [4.69, 9.17) is 4.98 Å². The Morgan fingerprint density at radius 1 is 0.857 bits per heavy atom. The number of aromatic amines is 1. The number of aromatic nitrogens is 2. The summed E-state index contributed by atoms with van der Waals surface area (Å²) in [5.74, 6) is 2.71. The topological polar surface area (TPSA) is 86.9 Å². The lowest BCUT2D eigenvalue weighted by Gasteiger charge is -2.29. The lowest BCUT2D eigenvalue weighted by Crippen LogP contribution is -2.41. The van der Waals surface area contributed by atoms with Crippen LogP contribution in [-0.4, -0.2) is 33.9 Å². The monoisotopic (exact) mass is 470 g/mol. The van der Waals surface area contributed by atoms with E-state index in [1.807, 2.05) is 42.5 Å². The summed E-state index contributed by atoms with van der Waals surface area (Å²) in [6, 6.07) is 13.8. The zero-order valence-corrected chi connectivity index (χ0v) is 20.3. The van der Waals surface area contributed by atoms with E-state index in [2.05, 4.69) is 22.5 Å². The molecule has 5 atom stereocenters. The predicted octanol–water partition coefficient (Wildman–Crippen LogP) is 5.46. The number of rotatable bonds is 5. The third-order valence-corrected chi connectivity index (χ3v) is 8.65. The molecule has 6 nitrogen and oxygen atoms in total. The van der Waals surface area contributed by atoms with Gasteiger partial charge in [0.15, 0.2) is 0 Å². The zero-order valence-electron chi connectivity index (χ0n) is 20.3. The van der Waals surface area contributed by atoms with Crippen LogP contribution < -0.4 is 10.6 Å². The second kappa shape index (κ2) is 9.14. The Bertz CT molecular complexity index is 1250. The standard InChI is InChI=1S/C29H34N4O2/c1-17-4-2-3-5-23(17)32-28(34)20-10-8-19(9-11-20)27-30-24-13-12-22(16-26(24)31-27)29(35)33-25-15-18-6-7-21(25)14-18/h8-13,16-18,21,23,25H,2-7,14-15H2,1H3,(H,30,31)(H,32,34)(H,33,35). The van der Waals surface area contributed by atoms with Crippen molar-refractivity contribution in [1.82, 2.24) is 20.6 Å². The fourth-order valence-electron chi connectivity index (χ4n) is 6.52. The first-order valence-corrected chi connectivity index (χ1v) is 13.3. The highest BCUT2D eigenvalue weighted by molar-refractivity contribution is 5.98. The summed E-state index contributed by atoms with van der Waals surface area (Å²) in [5, 5.41) is 6.48. The Morgan fingerprint density at radius 3 is 2.34 bits per heavy atom. The van der Waals surface area contributed by atoms with Crippen molar-refractivity contribution in [2.45, 2.75) is 70.4 Å². The van der Waals surface area contributed by atoms with E-state index >= 15 is 0 Å². The molecule has 3 aromatic rings. The number of nitrogens with one attached hydrogen (secondary N) is 3. The van der Waals surface area contributed by atoms with Crippen LogP contribution in [0, 0.1) is 17.8 Å².